The number of rotatable bonds is 6. The first-order valence-electron chi connectivity index (χ1n) is 10.6. The van der Waals surface area contributed by atoms with E-state index in [0.29, 0.717) is 12.6 Å². The fourth-order valence-corrected chi connectivity index (χ4v) is 3.72. The zero-order chi connectivity index (χ0) is 22.2. The van der Waals surface area contributed by atoms with Crippen LogP contribution in [0.3, 0.4) is 0 Å². The molecule has 2 aliphatic heterocycles. The van der Waals surface area contributed by atoms with Crippen LogP contribution in [0.2, 0.25) is 0 Å². The molecule has 0 aromatic heterocycles. The van der Waals surface area contributed by atoms with Gasteiger partial charge in [-0.3, -0.25) is 9.79 Å². The fourth-order valence-electron chi connectivity index (χ4n) is 3.72. The highest BCUT2D eigenvalue weighted by molar-refractivity contribution is 5.95. The molecule has 7 nitrogen and oxygen atoms in total. The van der Waals surface area contributed by atoms with Crippen LogP contribution in [0.25, 0.3) is 0 Å². The number of carbonyl (C=O) groups is 1. The number of nitrogens with zero attached hydrogens (tertiary/aromatic N) is 2. The number of piperidine rings is 1. The van der Waals surface area contributed by atoms with E-state index in [2.05, 4.69) is 15.6 Å². The number of aliphatic imine (C=N–C) groups is 1. The van der Waals surface area contributed by atoms with Crippen molar-refractivity contribution >= 4 is 17.6 Å². The van der Waals surface area contributed by atoms with E-state index >= 15 is 0 Å². The summed E-state index contributed by atoms with van der Waals surface area (Å²) in [5.74, 6) is -4.43. The number of carbonyl (C=O) groups excluding carboxylic acids is 1. The molecule has 1 amide bonds. The molecular formula is C21H29F3N4O3. The van der Waals surface area contributed by atoms with Gasteiger partial charge in [0.05, 0.1) is 31.0 Å². The Balaban J connectivity index is 1.40. The topological polar surface area (TPSA) is 75.2 Å². The maximum Gasteiger partial charge on any atom is 0.243 e. The molecular weight excluding hydrogens is 413 g/mol. The van der Waals surface area contributed by atoms with Crippen molar-refractivity contribution in [3.63, 3.8) is 0 Å². The summed E-state index contributed by atoms with van der Waals surface area (Å²) in [5, 5.41) is 5.14. The van der Waals surface area contributed by atoms with Gasteiger partial charge in [0.15, 0.2) is 23.4 Å². The molecule has 1 atom stereocenters. The van der Waals surface area contributed by atoms with Crippen LogP contribution >= 0.6 is 0 Å². The number of anilines is 1. The Hall–Kier alpha value is -2.33. The highest BCUT2D eigenvalue weighted by atomic mass is 19.2. The predicted octanol–water partition coefficient (Wildman–Crippen LogP) is 2.67. The Kier molecular flexibility index (Phi) is 8.53. The van der Waals surface area contributed by atoms with Crippen molar-refractivity contribution in [3.05, 3.63) is 29.6 Å². The van der Waals surface area contributed by atoms with Crippen LogP contribution in [0.15, 0.2) is 17.1 Å². The summed E-state index contributed by atoms with van der Waals surface area (Å²) in [6.45, 7) is 2.67. The van der Waals surface area contributed by atoms with E-state index in [1.165, 1.54) is 6.42 Å². The molecule has 10 heteroatoms. The number of halogens is 3. The zero-order valence-corrected chi connectivity index (χ0v) is 17.6. The number of nitrogens with one attached hydrogen (secondary N) is 2. The van der Waals surface area contributed by atoms with Crippen molar-refractivity contribution in [1.29, 1.82) is 0 Å². The minimum absolute atomic E-state index is 0.166. The van der Waals surface area contributed by atoms with Gasteiger partial charge in [0.1, 0.15) is 0 Å². The van der Waals surface area contributed by atoms with Gasteiger partial charge in [-0.05, 0) is 44.2 Å². The first kappa shape index (κ1) is 23.3. The summed E-state index contributed by atoms with van der Waals surface area (Å²) in [4.78, 5) is 18.3. The number of benzene rings is 1. The molecule has 1 aromatic carbocycles. The predicted molar refractivity (Wildman–Crippen MR) is 110 cm³/mol. The maximum absolute atomic E-state index is 13.7. The number of guanidine groups is 1. The second-order valence-electron chi connectivity index (χ2n) is 7.68. The molecule has 3 rings (SSSR count). The van der Waals surface area contributed by atoms with Gasteiger partial charge in [-0.15, -0.1) is 0 Å². The molecule has 2 fully saturated rings. The van der Waals surface area contributed by atoms with Crippen LogP contribution in [0.4, 0.5) is 18.9 Å². The highest BCUT2D eigenvalue weighted by Crippen LogP contribution is 2.20. The van der Waals surface area contributed by atoms with Gasteiger partial charge in [0.25, 0.3) is 0 Å². The smallest absolute Gasteiger partial charge is 0.243 e. The zero-order valence-electron chi connectivity index (χ0n) is 17.6. The number of likely N-dealkylation sites (tertiary alicyclic amines) is 1. The van der Waals surface area contributed by atoms with Crippen LogP contribution in [0.1, 0.15) is 32.1 Å². The number of ether oxygens (including phenoxy) is 2. The fraction of sp³-hybridized carbons (Fsp3) is 0.619. The number of amides is 1. The van der Waals surface area contributed by atoms with Gasteiger partial charge < -0.3 is 25.0 Å². The summed E-state index contributed by atoms with van der Waals surface area (Å²) in [6, 6.07) is 1.73. The van der Waals surface area contributed by atoms with E-state index in [0.717, 1.165) is 57.5 Å². The molecule has 2 N–H and O–H groups in total. The molecule has 2 heterocycles. The Morgan fingerprint density at radius 2 is 1.97 bits per heavy atom. The van der Waals surface area contributed by atoms with Crippen molar-refractivity contribution < 1.29 is 27.4 Å². The quantitative estimate of drug-likeness (QED) is 0.403. The van der Waals surface area contributed by atoms with Crippen LogP contribution in [0.5, 0.6) is 0 Å². The first-order chi connectivity index (χ1) is 15.0. The summed E-state index contributed by atoms with van der Waals surface area (Å²) in [5.41, 5.74) is -0.416. The van der Waals surface area contributed by atoms with Crippen molar-refractivity contribution in [3.8, 4) is 0 Å². The van der Waals surface area contributed by atoms with Crippen molar-refractivity contribution in [1.82, 2.24) is 10.2 Å². The molecule has 2 aliphatic rings. The summed E-state index contributed by atoms with van der Waals surface area (Å²) >= 11 is 0. The second-order valence-corrected chi connectivity index (χ2v) is 7.68. The maximum atomic E-state index is 13.7. The van der Waals surface area contributed by atoms with Crippen LogP contribution < -0.4 is 10.6 Å². The van der Waals surface area contributed by atoms with Crippen LogP contribution in [0, 0.1) is 17.5 Å². The van der Waals surface area contributed by atoms with E-state index in [9.17, 15) is 18.0 Å². The lowest BCUT2D eigenvalue weighted by Crippen LogP contribution is -2.48. The Morgan fingerprint density at radius 3 is 2.65 bits per heavy atom. The molecule has 31 heavy (non-hydrogen) atoms. The first-order valence-corrected chi connectivity index (χ1v) is 10.6. The van der Waals surface area contributed by atoms with Gasteiger partial charge in [-0.25, -0.2) is 13.2 Å². The molecule has 0 aliphatic carbocycles. The minimum Gasteiger partial charge on any atom is -0.376 e. The number of hydrogen-bond acceptors (Lipinski definition) is 4. The van der Waals surface area contributed by atoms with Gasteiger partial charge >= 0.3 is 0 Å². The Bertz CT molecular complexity index is 779. The third kappa shape index (κ3) is 6.57. The van der Waals surface area contributed by atoms with Crippen molar-refractivity contribution in [2.24, 2.45) is 4.99 Å². The molecule has 2 saturated heterocycles. The van der Waals surface area contributed by atoms with Crippen LogP contribution in [-0.2, 0) is 14.3 Å². The van der Waals surface area contributed by atoms with E-state index < -0.39 is 29.0 Å². The molecule has 1 aromatic rings. The van der Waals surface area contributed by atoms with Gasteiger partial charge in [-0.1, -0.05) is 0 Å². The summed E-state index contributed by atoms with van der Waals surface area (Å²) in [7, 11) is 1.61. The molecule has 172 valence electrons. The highest BCUT2D eigenvalue weighted by Gasteiger charge is 2.24. The normalized spacial score (nSPS) is 20.6. The minimum atomic E-state index is -1.62. The molecule has 0 saturated carbocycles. The third-order valence-corrected chi connectivity index (χ3v) is 5.46. The molecule has 0 bridgehead atoms. The average Bonchev–Trinajstić information content (AvgIpc) is 2.80. The standard InChI is InChI=1S/C21H29F3N4O3/c1-25-21(26-12-18(29)27-17-6-5-16(22)19(23)20(17)24)28-9-7-14(8-10-28)31-13-15-4-2-3-11-30-15/h5-6,14-15H,2-4,7-13H2,1H3,(H,25,26)(H,27,29). The molecule has 0 spiro atoms. The Labute approximate surface area is 180 Å². The van der Waals surface area contributed by atoms with Crippen LogP contribution in [-0.4, -0.2) is 68.9 Å². The van der Waals surface area contributed by atoms with Gasteiger partial charge in [-0.2, -0.15) is 0 Å². The van der Waals surface area contributed by atoms with Gasteiger partial charge in [0.2, 0.25) is 5.91 Å². The average molecular weight is 442 g/mol. The van der Waals surface area contributed by atoms with E-state index in [1.807, 2.05) is 4.90 Å². The van der Waals surface area contributed by atoms with E-state index in [1.54, 1.807) is 7.05 Å². The summed E-state index contributed by atoms with van der Waals surface area (Å²) < 4.78 is 51.7. The molecule has 0 radical (unpaired) electrons. The van der Waals surface area contributed by atoms with Crippen molar-refractivity contribution in [2.45, 2.75) is 44.3 Å². The van der Waals surface area contributed by atoms with Gasteiger partial charge in [0, 0.05) is 26.7 Å². The lowest BCUT2D eigenvalue weighted by atomic mass is 10.1. The monoisotopic (exact) mass is 442 g/mol. The largest absolute Gasteiger partial charge is 0.376 e. The number of hydrogen-bond donors (Lipinski definition) is 2. The van der Waals surface area contributed by atoms with E-state index in [4.69, 9.17) is 9.47 Å². The lowest BCUT2D eigenvalue weighted by molar-refractivity contribution is -0.115. The SMILES string of the molecule is CN=C(NCC(=O)Nc1ccc(F)c(F)c1F)N1CCC(OCC2CCCCO2)CC1. The molecule has 1 unspecified atom stereocenters. The summed E-state index contributed by atoms with van der Waals surface area (Å²) in [6.07, 6.45) is 5.38. The lowest BCUT2D eigenvalue weighted by Gasteiger charge is -2.35. The third-order valence-electron chi connectivity index (χ3n) is 5.46. The van der Waals surface area contributed by atoms with Crippen molar-refractivity contribution in [2.75, 3.05) is 45.2 Å². The Morgan fingerprint density at radius 1 is 1.19 bits per heavy atom. The van der Waals surface area contributed by atoms with E-state index in [-0.39, 0.29) is 18.8 Å². The second kappa shape index (κ2) is 11.3.